The van der Waals surface area contributed by atoms with Gasteiger partial charge < -0.3 is 15.0 Å². The molecule has 0 amide bonds. The van der Waals surface area contributed by atoms with Crippen molar-refractivity contribution >= 4 is 5.69 Å². The number of hydrogen-bond donors (Lipinski definition) is 1. The van der Waals surface area contributed by atoms with Crippen molar-refractivity contribution in [2.75, 3.05) is 25.5 Å². The molecule has 1 aliphatic rings. The van der Waals surface area contributed by atoms with Gasteiger partial charge in [0.1, 0.15) is 6.10 Å². The topological polar surface area (TPSA) is 50.3 Å². The minimum Gasteiger partial charge on any atom is -0.474 e. The number of rotatable bonds is 5. The Morgan fingerprint density at radius 3 is 2.70 bits per heavy atom. The van der Waals surface area contributed by atoms with Crippen LogP contribution < -0.4 is 10.1 Å². The van der Waals surface area contributed by atoms with E-state index in [9.17, 15) is 0 Å². The van der Waals surface area contributed by atoms with Crippen molar-refractivity contribution in [2.24, 2.45) is 0 Å². The first kappa shape index (κ1) is 15.7. The third kappa shape index (κ3) is 4.42. The molecule has 0 saturated carbocycles. The molecule has 2 aromatic rings. The lowest BCUT2D eigenvalue weighted by molar-refractivity contribution is 0.110. The molecular weight excluding hydrogens is 288 g/mol. The van der Waals surface area contributed by atoms with Gasteiger partial charge in [-0.3, -0.25) is 4.98 Å². The summed E-state index contributed by atoms with van der Waals surface area (Å²) in [5.74, 6) is 0.708. The highest BCUT2D eigenvalue weighted by molar-refractivity contribution is 5.44. The second-order valence-electron chi connectivity index (χ2n) is 6.16. The van der Waals surface area contributed by atoms with E-state index in [1.807, 2.05) is 30.6 Å². The number of aromatic nitrogens is 2. The molecule has 0 unspecified atom stereocenters. The van der Waals surface area contributed by atoms with Gasteiger partial charge in [-0.25, -0.2) is 4.98 Å². The van der Waals surface area contributed by atoms with E-state index in [2.05, 4.69) is 40.2 Å². The monoisotopic (exact) mass is 312 g/mol. The fourth-order valence-corrected chi connectivity index (χ4v) is 2.77. The molecule has 5 nitrogen and oxygen atoms in total. The normalized spacial score (nSPS) is 17.7. The highest BCUT2D eigenvalue weighted by atomic mass is 16.5. The van der Waals surface area contributed by atoms with Gasteiger partial charge in [0.05, 0.1) is 17.9 Å². The number of nitrogens with zero attached hydrogens (tertiary/aromatic N) is 3. The van der Waals surface area contributed by atoms with Gasteiger partial charge in [-0.05, 0) is 44.5 Å². The van der Waals surface area contributed by atoms with Crippen molar-refractivity contribution in [1.82, 2.24) is 14.9 Å². The fourth-order valence-electron chi connectivity index (χ4n) is 2.77. The maximum absolute atomic E-state index is 5.97. The Kier molecular flexibility index (Phi) is 5.08. The standard InChI is InChI=1S/C18H24N4O/c1-14(15-4-3-9-19-12-15)21-16-5-6-18(20-13-16)23-17-7-10-22(2)11-8-17/h3-6,9,12-14,17,21H,7-8,10-11H2,1-2H3/t14-/m0/s1. The fraction of sp³-hybridized carbons (Fsp3) is 0.444. The first-order valence-corrected chi connectivity index (χ1v) is 8.18. The zero-order chi connectivity index (χ0) is 16.1. The minimum atomic E-state index is 0.186. The number of pyridine rings is 2. The Morgan fingerprint density at radius 1 is 1.22 bits per heavy atom. The van der Waals surface area contributed by atoms with E-state index >= 15 is 0 Å². The molecule has 2 aromatic heterocycles. The van der Waals surface area contributed by atoms with E-state index < -0.39 is 0 Å². The van der Waals surface area contributed by atoms with Crippen LogP contribution in [0.1, 0.15) is 31.4 Å². The van der Waals surface area contributed by atoms with Crippen LogP contribution in [-0.4, -0.2) is 41.1 Å². The van der Waals surface area contributed by atoms with Crippen LogP contribution in [0.5, 0.6) is 5.88 Å². The van der Waals surface area contributed by atoms with E-state index in [-0.39, 0.29) is 12.1 Å². The largest absolute Gasteiger partial charge is 0.474 e. The summed E-state index contributed by atoms with van der Waals surface area (Å²) in [6.07, 6.45) is 7.91. The molecule has 1 N–H and O–H groups in total. The van der Waals surface area contributed by atoms with Gasteiger partial charge in [0, 0.05) is 31.5 Å². The van der Waals surface area contributed by atoms with Crippen molar-refractivity contribution in [3.63, 3.8) is 0 Å². The van der Waals surface area contributed by atoms with Crippen molar-refractivity contribution in [2.45, 2.75) is 31.9 Å². The number of hydrogen-bond acceptors (Lipinski definition) is 5. The summed E-state index contributed by atoms with van der Waals surface area (Å²) in [5.41, 5.74) is 2.14. The quantitative estimate of drug-likeness (QED) is 0.919. The molecule has 1 aliphatic heterocycles. The summed E-state index contributed by atoms with van der Waals surface area (Å²) in [4.78, 5) is 10.9. The molecule has 0 bridgehead atoms. The van der Waals surface area contributed by atoms with Crippen LogP contribution in [0.3, 0.4) is 0 Å². The van der Waals surface area contributed by atoms with Crippen LogP contribution in [0.15, 0.2) is 42.9 Å². The molecule has 23 heavy (non-hydrogen) atoms. The summed E-state index contributed by atoms with van der Waals surface area (Å²) >= 11 is 0. The van der Waals surface area contributed by atoms with Gasteiger partial charge in [0.25, 0.3) is 0 Å². The molecule has 0 aliphatic carbocycles. The van der Waals surface area contributed by atoms with Gasteiger partial charge in [-0.2, -0.15) is 0 Å². The third-order valence-corrected chi connectivity index (χ3v) is 4.26. The van der Waals surface area contributed by atoms with Crippen LogP contribution in [0.25, 0.3) is 0 Å². The van der Waals surface area contributed by atoms with E-state index in [1.54, 1.807) is 6.20 Å². The molecule has 1 fully saturated rings. The van der Waals surface area contributed by atoms with E-state index in [1.165, 1.54) is 0 Å². The average molecular weight is 312 g/mol. The predicted octanol–water partition coefficient (Wildman–Crippen LogP) is 3.12. The second kappa shape index (κ2) is 7.42. The Balaban J connectivity index is 1.55. The molecule has 0 aromatic carbocycles. The van der Waals surface area contributed by atoms with Crippen molar-refractivity contribution < 1.29 is 4.74 Å². The van der Waals surface area contributed by atoms with Gasteiger partial charge in [-0.1, -0.05) is 6.07 Å². The maximum Gasteiger partial charge on any atom is 0.213 e. The van der Waals surface area contributed by atoms with Gasteiger partial charge in [-0.15, -0.1) is 0 Å². The summed E-state index contributed by atoms with van der Waals surface area (Å²) in [6, 6.07) is 8.16. The third-order valence-electron chi connectivity index (χ3n) is 4.26. The van der Waals surface area contributed by atoms with Gasteiger partial charge in [0.2, 0.25) is 5.88 Å². The predicted molar refractivity (Wildman–Crippen MR) is 91.7 cm³/mol. The van der Waals surface area contributed by atoms with Crippen LogP contribution in [-0.2, 0) is 0 Å². The lowest BCUT2D eigenvalue weighted by atomic mass is 10.1. The summed E-state index contributed by atoms with van der Waals surface area (Å²) < 4.78 is 5.97. The molecule has 5 heteroatoms. The number of ether oxygens (including phenoxy) is 1. The Morgan fingerprint density at radius 2 is 2.04 bits per heavy atom. The average Bonchev–Trinajstić information content (AvgIpc) is 2.59. The first-order valence-electron chi connectivity index (χ1n) is 8.18. The maximum atomic E-state index is 5.97. The Bertz CT molecular complexity index is 594. The second-order valence-corrected chi connectivity index (χ2v) is 6.16. The Hall–Kier alpha value is -2.14. The number of nitrogens with one attached hydrogen (secondary N) is 1. The first-order chi connectivity index (χ1) is 11.2. The molecular formula is C18H24N4O. The molecule has 0 spiro atoms. The molecule has 122 valence electrons. The lowest BCUT2D eigenvalue weighted by Gasteiger charge is -2.28. The van der Waals surface area contributed by atoms with Crippen LogP contribution in [0, 0.1) is 0 Å². The molecule has 1 saturated heterocycles. The summed E-state index contributed by atoms with van der Waals surface area (Å²) in [5, 5.41) is 3.43. The zero-order valence-corrected chi connectivity index (χ0v) is 13.8. The zero-order valence-electron chi connectivity index (χ0n) is 13.8. The lowest BCUT2D eigenvalue weighted by Crippen LogP contribution is -2.35. The van der Waals surface area contributed by atoms with Crippen LogP contribution in [0.4, 0.5) is 5.69 Å². The molecule has 3 heterocycles. The highest BCUT2D eigenvalue weighted by Crippen LogP contribution is 2.21. The van der Waals surface area contributed by atoms with E-state index in [0.29, 0.717) is 5.88 Å². The van der Waals surface area contributed by atoms with Crippen LogP contribution >= 0.6 is 0 Å². The number of likely N-dealkylation sites (tertiary alicyclic amines) is 1. The van der Waals surface area contributed by atoms with Crippen molar-refractivity contribution in [1.29, 1.82) is 0 Å². The number of piperidine rings is 1. The SMILES string of the molecule is C[C@H](Nc1ccc(OC2CCN(C)CC2)nc1)c1cccnc1. The minimum absolute atomic E-state index is 0.186. The van der Waals surface area contributed by atoms with Crippen molar-refractivity contribution in [3.05, 3.63) is 48.4 Å². The molecule has 3 rings (SSSR count). The highest BCUT2D eigenvalue weighted by Gasteiger charge is 2.18. The van der Waals surface area contributed by atoms with E-state index in [4.69, 9.17) is 4.74 Å². The smallest absolute Gasteiger partial charge is 0.213 e. The molecule has 1 atom stereocenters. The Labute approximate surface area is 137 Å². The van der Waals surface area contributed by atoms with Crippen LogP contribution in [0.2, 0.25) is 0 Å². The summed E-state index contributed by atoms with van der Waals surface area (Å²) in [7, 11) is 2.15. The number of anilines is 1. The van der Waals surface area contributed by atoms with Gasteiger partial charge >= 0.3 is 0 Å². The van der Waals surface area contributed by atoms with E-state index in [0.717, 1.165) is 37.2 Å². The van der Waals surface area contributed by atoms with Crippen molar-refractivity contribution in [3.8, 4) is 5.88 Å². The molecule has 0 radical (unpaired) electrons. The summed E-state index contributed by atoms with van der Waals surface area (Å²) in [6.45, 7) is 4.29. The van der Waals surface area contributed by atoms with Gasteiger partial charge in [0.15, 0.2) is 0 Å².